The van der Waals surface area contributed by atoms with E-state index in [0.717, 1.165) is 5.56 Å². The van der Waals surface area contributed by atoms with Crippen molar-refractivity contribution >= 4 is 40.8 Å². The highest BCUT2D eigenvalue weighted by Gasteiger charge is 2.20. The van der Waals surface area contributed by atoms with Gasteiger partial charge in [0.05, 0.1) is 18.8 Å². The molecule has 0 saturated heterocycles. The summed E-state index contributed by atoms with van der Waals surface area (Å²) in [6.45, 7) is 2.11. The maximum absolute atomic E-state index is 12.9. The number of benzene rings is 2. The monoisotopic (exact) mass is 424 g/mol. The number of nitrogens with zero attached hydrogens (tertiary/aromatic N) is 2. The smallest absolute Gasteiger partial charge is 0.345 e. The number of carbonyl (C=O) groups is 1. The first kappa shape index (κ1) is 19.5. The zero-order valence-electron chi connectivity index (χ0n) is 14.3. The molecule has 0 N–H and O–H groups in total. The van der Waals surface area contributed by atoms with Gasteiger partial charge in [-0.15, -0.1) is 0 Å². The quantitative estimate of drug-likeness (QED) is 0.551. The lowest BCUT2D eigenvalue weighted by atomic mass is 10.2. The maximum atomic E-state index is 12.9. The van der Waals surface area contributed by atoms with E-state index in [1.54, 1.807) is 54.1 Å². The van der Waals surface area contributed by atoms with E-state index in [4.69, 9.17) is 39.5 Å². The zero-order chi connectivity index (χ0) is 19.6. The highest BCUT2D eigenvalue weighted by molar-refractivity contribution is 6.35. The minimum Gasteiger partial charge on any atom is -0.462 e. The summed E-state index contributed by atoms with van der Waals surface area (Å²) in [5.41, 5.74) is 0.761. The van der Waals surface area contributed by atoms with Gasteiger partial charge in [-0.3, -0.25) is 9.48 Å². The maximum Gasteiger partial charge on any atom is 0.345 e. The second-order valence-electron chi connectivity index (χ2n) is 5.69. The molecule has 140 valence electrons. The molecule has 0 saturated carbocycles. The topological polar surface area (TPSA) is 53.2 Å². The first-order valence-corrected chi connectivity index (χ1v) is 9.23. The molecule has 5 nitrogen and oxygen atoms in total. The van der Waals surface area contributed by atoms with Gasteiger partial charge in [-0.1, -0.05) is 40.9 Å². The Morgan fingerprint density at radius 1 is 1.04 bits per heavy atom. The minimum atomic E-state index is -0.675. The molecule has 0 amide bonds. The summed E-state index contributed by atoms with van der Waals surface area (Å²) in [6.07, 6.45) is 1.46. The Kier molecular flexibility index (Phi) is 5.95. The average molecular weight is 426 g/mol. The molecule has 0 aliphatic heterocycles. The summed E-state index contributed by atoms with van der Waals surface area (Å²) >= 11 is 18.2. The van der Waals surface area contributed by atoms with Gasteiger partial charge < -0.3 is 4.74 Å². The molecule has 0 radical (unpaired) electrons. The summed E-state index contributed by atoms with van der Waals surface area (Å²) < 4.78 is 7.98. The summed E-state index contributed by atoms with van der Waals surface area (Å²) in [6, 6.07) is 11.8. The van der Waals surface area contributed by atoms with E-state index in [2.05, 4.69) is 0 Å². The fraction of sp³-hybridized carbons (Fsp3) is 0.158. The van der Waals surface area contributed by atoms with Crippen molar-refractivity contribution in [3.63, 3.8) is 0 Å². The zero-order valence-corrected chi connectivity index (χ0v) is 16.6. The van der Waals surface area contributed by atoms with E-state index in [9.17, 15) is 9.59 Å². The van der Waals surface area contributed by atoms with Crippen molar-refractivity contribution in [2.45, 2.75) is 13.5 Å². The van der Waals surface area contributed by atoms with Crippen LogP contribution in [0.15, 0.2) is 53.5 Å². The van der Waals surface area contributed by atoms with Gasteiger partial charge in [0.1, 0.15) is 5.56 Å². The van der Waals surface area contributed by atoms with Gasteiger partial charge in [-0.2, -0.15) is 0 Å². The molecular formula is C19H15Cl3N2O3. The highest BCUT2D eigenvalue weighted by atomic mass is 35.5. The molecule has 3 rings (SSSR count). The Morgan fingerprint density at radius 3 is 2.33 bits per heavy atom. The average Bonchev–Trinajstić information content (AvgIpc) is 2.95. The molecule has 0 aliphatic carbocycles. The van der Waals surface area contributed by atoms with Crippen LogP contribution in [0.2, 0.25) is 15.1 Å². The number of rotatable bonds is 5. The van der Waals surface area contributed by atoms with Crippen LogP contribution in [0.4, 0.5) is 0 Å². The normalized spacial score (nSPS) is 10.8. The van der Waals surface area contributed by atoms with Crippen molar-refractivity contribution in [3.05, 3.63) is 85.2 Å². The summed E-state index contributed by atoms with van der Waals surface area (Å²) in [7, 11) is 0. The molecule has 1 heterocycles. The molecular weight excluding hydrogens is 411 g/mol. The molecule has 27 heavy (non-hydrogen) atoms. The Bertz CT molecular complexity index is 1040. The Morgan fingerprint density at radius 2 is 1.70 bits per heavy atom. The Labute approximate surface area is 170 Å². The number of hydrogen-bond donors (Lipinski definition) is 0. The number of aromatic nitrogens is 2. The standard InChI is InChI=1S/C19H15Cl3N2O3/c1-2-27-19(26)16-11-23(10-12-3-4-14(21)9-17(12)22)24(18(16)25)15-7-5-13(20)6-8-15/h3-9,11H,2,10H2,1H3. The van der Waals surface area contributed by atoms with Crippen LogP contribution in [0.5, 0.6) is 0 Å². The van der Waals surface area contributed by atoms with Crippen LogP contribution in [0.1, 0.15) is 22.8 Å². The molecule has 1 aromatic heterocycles. The molecule has 0 atom stereocenters. The van der Waals surface area contributed by atoms with Crippen molar-refractivity contribution in [3.8, 4) is 5.69 Å². The van der Waals surface area contributed by atoms with Crippen LogP contribution in [-0.2, 0) is 11.3 Å². The van der Waals surface area contributed by atoms with Gasteiger partial charge in [0.15, 0.2) is 0 Å². The molecule has 8 heteroatoms. The third-order valence-corrected chi connectivity index (χ3v) is 4.71. The number of hydrogen-bond acceptors (Lipinski definition) is 3. The highest BCUT2D eigenvalue weighted by Crippen LogP contribution is 2.22. The van der Waals surface area contributed by atoms with Gasteiger partial charge in [-0.05, 0) is 48.9 Å². The molecule has 2 aromatic carbocycles. The van der Waals surface area contributed by atoms with Crippen LogP contribution in [0, 0.1) is 0 Å². The van der Waals surface area contributed by atoms with Crippen LogP contribution in [0.3, 0.4) is 0 Å². The lowest BCUT2D eigenvalue weighted by Gasteiger charge is -2.13. The largest absolute Gasteiger partial charge is 0.462 e. The van der Waals surface area contributed by atoms with Crippen molar-refractivity contribution in [1.29, 1.82) is 0 Å². The molecule has 3 aromatic rings. The number of halogens is 3. The SMILES string of the molecule is CCOC(=O)c1cn(Cc2ccc(Cl)cc2Cl)n(-c2ccc(Cl)cc2)c1=O. The third kappa shape index (κ3) is 4.21. The first-order chi connectivity index (χ1) is 12.9. The predicted molar refractivity (Wildman–Crippen MR) is 107 cm³/mol. The van der Waals surface area contributed by atoms with Gasteiger partial charge in [-0.25, -0.2) is 9.48 Å². The van der Waals surface area contributed by atoms with Gasteiger partial charge in [0.2, 0.25) is 0 Å². The van der Waals surface area contributed by atoms with E-state index in [1.807, 2.05) is 0 Å². The summed E-state index contributed by atoms with van der Waals surface area (Å²) in [5.74, 6) is -0.675. The molecule has 0 aliphatic rings. The Balaban J connectivity index is 2.13. The van der Waals surface area contributed by atoms with Crippen LogP contribution in [0.25, 0.3) is 5.69 Å². The van der Waals surface area contributed by atoms with Crippen LogP contribution >= 0.6 is 34.8 Å². The predicted octanol–water partition coefficient (Wildman–Crippen LogP) is 4.82. The lowest BCUT2D eigenvalue weighted by molar-refractivity contribution is 0.0524. The third-order valence-electron chi connectivity index (χ3n) is 3.87. The molecule has 0 spiro atoms. The fourth-order valence-corrected chi connectivity index (χ4v) is 3.22. The van der Waals surface area contributed by atoms with E-state index in [1.165, 1.54) is 10.9 Å². The van der Waals surface area contributed by atoms with Crippen LogP contribution in [-0.4, -0.2) is 21.9 Å². The lowest BCUT2D eigenvalue weighted by Crippen LogP contribution is -2.24. The Hall–Kier alpha value is -2.21. The van der Waals surface area contributed by atoms with E-state index >= 15 is 0 Å². The van der Waals surface area contributed by atoms with Crippen molar-refractivity contribution in [2.24, 2.45) is 0 Å². The van der Waals surface area contributed by atoms with Crippen molar-refractivity contribution in [2.75, 3.05) is 6.61 Å². The van der Waals surface area contributed by atoms with Gasteiger partial charge in [0.25, 0.3) is 5.56 Å². The number of carbonyl (C=O) groups excluding carboxylic acids is 1. The van der Waals surface area contributed by atoms with Gasteiger partial charge in [0, 0.05) is 21.3 Å². The summed E-state index contributed by atoms with van der Waals surface area (Å²) in [5, 5.41) is 1.51. The van der Waals surface area contributed by atoms with Crippen molar-refractivity contribution < 1.29 is 9.53 Å². The van der Waals surface area contributed by atoms with E-state index in [0.29, 0.717) is 20.8 Å². The number of esters is 1. The minimum absolute atomic E-state index is 0.0584. The van der Waals surface area contributed by atoms with Crippen molar-refractivity contribution in [1.82, 2.24) is 9.36 Å². The molecule has 0 fully saturated rings. The van der Waals surface area contributed by atoms with E-state index < -0.39 is 11.5 Å². The summed E-state index contributed by atoms with van der Waals surface area (Å²) in [4.78, 5) is 25.0. The number of ether oxygens (including phenoxy) is 1. The molecule has 0 unspecified atom stereocenters. The fourth-order valence-electron chi connectivity index (χ4n) is 2.63. The second-order valence-corrected chi connectivity index (χ2v) is 6.97. The van der Waals surface area contributed by atoms with E-state index in [-0.39, 0.29) is 18.7 Å². The second kappa shape index (κ2) is 8.21. The molecule has 0 bridgehead atoms. The first-order valence-electron chi connectivity index (χ1n) is 8.10. The van der Waals surface area contributed by atoms with Crippen LogP contribution < -0.4 is 5.56 Å². The van der Waals surface area contributed by atoms with Gasteiger partial charge >= 0.3 is 5.97 Å².